The molecule has 0 saturated heterocycles. The average Bonchev–Trinajstić information content (AvgIpc) is 2.48. The molecule has 0 aliphatic heterocycles. The summed E-state index contributed by atoms with van der Waals surface area (Å²) in [6.45, 7) is 2.29. The molecule has 0 amide bonds. The van der Waals surface area contributed by atoms with Gasteiger partial charge in [0.05, 0.1) is 17.6 Å². The lowest BCUT2D eigenvalue weighted by atomic mass is 9.85. The second-order valence-corrected chi connectivity index (χ2v) is 5.63. The van der Waals surface area contributed by atoms with Gasteiger partial charge in [0, 0.05) is 18.1 Å². The zero-order valence-electron chi connectivity index (χ0n) is 12.3. The highest BCUT2D eigenvalue weighted by Gasteiger charge is 2.24. The van der Waals surface area contributed by atoms with Gasteiger partial charge in [-0.15, -0.1) is 0 Å². The molecule has 1 aromatic rings. The minimum absolute atomic E-state index is 0.113. The van der Waals surface area contributed by atoms with Crippen molar-refractivity contribution < 1.29 is 14.5 Å². The highest BCUT2D eigenvalue weighted by atomic mass is 16.6. The second-order valence-electron chi connectivity index (χ2n) is 5.63. The summed E-state index contributed by atoms with van der Waals surface area (Å²) in [4.78, 5) is 21.5. The highest BCUT2D eigenvalue weighted by Crippen LogP contribution is 2.26. The van der Waals surface area contributed by atoms with Crippen LogP contribution in [0.4, 0.5) is 5.69 Å². The van der Waals surface area contributed by atoms with Crippen LogP contribution in [0.1, 0.15) is 38.2 Å². The van der Waals surface area contributed by atoms with Gasteiger partial charge in [-0.05, 0) is 44.6 Å². The summed E-state index contributed by atoms with van der Waals surface area (Å²) in [5.41, 5.74) is 1.15. The van der Waals surface area contributed by atoms with Crippen molar-refractivity contribution in [1.82, 2.24) is 0 Å². The summed E-state index contributed by atoms with van der Waals surface area (Å²) >= 11 is 0. The van der Waals surface area contributed by atoms with Gasteiger partial charge in [0.2, 0.25) is 0 Å². The SMILES string of the molecule is CC(=O)C1CCC(OCCc2ccc([N+](=O)[O-])cc2)CC1. The van der Waals surface area contributed by atoms with Crippen LogP contribution in [0.15, 0.2) is 24.3 Å². The first-order chi connectivity index (χ1) is 10.1. The molecule has 2 rings (SSSR count). The van der Waals surface area contributed by atoms with E-state index in [1.165, 1.54) is 12.1 Å². The van der Waals surface area contributed by atoms with Crippen LogP contribution in [0.3, 0.4) is 0 Å². The Morgan fingerprint density at radius 3 is 2.38 bits per heavy atom. The molecule has 5 nitrogen and oxygen atoms in total. The van der Waals surface area contributed by atoms with Gasteiger partial charge < -0.3 is 4.74 Å². The highest BCUT2D eigenvalue weighted by molar-refractivity contribution is 5.78. The molecule has 0 bridgehead atoms. The minimum atomic E-state index is -0.395. The molecule has 0 unspecified atom stereocenters. The van der Waals surface area contributed by atoms with Crippen LogP contribution in [0.5, 0.6) is 0 Å². The molecular weight excluding hydrogens is 270 g/mol. The fraction of sp³-hybridized carbons (Fsp3) is 0.562. The first kappa shape index (κ1) is 15.6. The molecule has 1 aromatic carbocycles. The maximum Gasteiger partial charge on any atom is 0.269 e. The quantitative estimate of drug-likeness (QED) is 0.595. The number of nitrogens with zero attached hydrogens (tertiary/aromatic N) is 1. The Balaban J connectivity index is 1.70. The maximum absolute atomic E-state index is 11.3. The normalized spacial score (nSPS) is 22.0. The van der Waals surface area contributed by atoms with Crippen LogP contribution < -0.4 is 0 Å². The Morgan fingerprint density at radius 2 is 1.86 bits per heavy atom. The number of nitro groups is 1. The maximum atomic E-state index is 11.3. The van der Waals surface area contributed by atoms with E-state index in [2.05, 4.69) is 0 Å². The summed E-state index contributed by atoms with van der Waals surface area (Å²) in [5.74, 6) is 0.513. The third-order valence-electron chi connectivity index (χ3n) is 4.14. The van der Waals surface area contributed by atoms with Gasteiger partial charge in [-0.2, -0.15) is 0 Å². The fourth-order valence-corrected chi connectivity index (χ4v) is 2.76. The van der Waals surface area contributed by atoms with E-state index in [-0.39, 0.29) is 17.7 Å². The van der Waals surface area contributed by atoms with E-state index in [1.54, 1.807) is 19.1 Å². The van der Waals surface area contributed by atoms with E-state index in [4.69, 9.17) is 4.74 Å². The third kappa shape index (κ3) is 4.63. The molecule has 0 heterocycles. The number of hydrogen-bond acceptors (Lipinski definition) is 4. The topological polar surface area (TPSA) is 69.4 Å². The zero-order valence-corrected chi connectivity index (χ0v) is 12.3. The van der Waals surface area contributed by atoms with Crippen molar-refractivity contribution in [2.45, 2.75) is 45.1 Å². The van der Waals surface area contributed by atoms with Crippen molar-refractivity contribution in [3.05, 3.63) is 39.9 Å². The van der Waals surface area contributed by atoms with E-state index in [1.807, 2.05) is 0 Å². The zero-order chi connectivity index (χ0) is 15.2. The number of rotatable bonds is 6. The van der Waals surface area contributed by atoms with Crippen molar-refractivity contribution in [3.63, 3.8) is 0 Å². The average molecular weight is 291 g/mol. The van der Waals surface area contributed by atoms with Crippen LogP contribution in [0.25, 0.3) is 0 Å². The van der Waals surface area contributed by atoms with E-state index in [9.17, 15) is 14.9 Å². The second kappa shape index (κ2) is 7.31. The molecule has 1 aliphatic rings. The van der Waals surface area contributed by atoms with Gasteiger partial charge >= 0.3 is 0 Å². The number of ketones is 1. The van der Waals surface area contributed by atoms with E-state index < -0.39 is 4.92 Å². The van der Waals surface area contributed by atoms with Gasteiger partial charge in [-0.3, -0.25) is 14.9 Å². The van der Waals surface area contributed by atoms with Crippen molar-refractivity contribution in [2.24, 2.45) is 5.92 Å². The molecule has 0 N–H and O–H groups in total. The summed E-state index contributed by atoms with van der Waals surface area (Å²) in [7, 11) is 0. The monoisotopic (exact) mass is 291 g/mol. The smallest absolute Gasteiger partial charge is 0.269 e. The number of carbonyl (C=O) groups is 1. The molecule has 0 radical (unpaired) electrons. The predicted octanol–water partition coefficient (Wildman–Crippen LogP) is 3.30. The molecule has 1 saturated carbocycles. The van der Waals surface area contributed by atoms with Crippen LogP contribution in [-0.2, 0) is 16.0 Å². The van der Waals surface area contributed by atoms with Crippen molar-refractivity contribution in [2.75, 3.05) is 6.61 Å². The van der Waals surface area contributed by atoms with Gasteiger partial charge in [-0.1, -0.05) is 12.1 Å². The Hall–Kier alpha value is -1.75. The molecule has 0 atom stereocenters. The van der Waals surface area contributed by atoms with Gasteiger partial charge in [0.1, 0.15) is 5.78 Å². The van der Waals surface area contributed by atoms with Gasteiger partial charge in [0.25, 0.3) is 5.69 Å². The molecule has 5 heteroatoms. The summed E-state index contributed by atoms with van der Waals surface area (Å²) < 4.78 is 5.85. The Morgan fingerprint density at radius 1 is 1.24 bits per heavy atom. The van der Waals surface area contributed by atoms with Crippen LogP contribution >= 0.6 is 0 Å². The van der Waals surface area contributed by atoms with Crippen LogP contribution in [0.2, 0.25) is 0 Å². The Labute approximate surface area is 124 Å². The molecular formula is C16H21NO4. The number of non-ortho nitro benzene ring substituents is 1. The number of benzene rings is 1. The van der Waals surface area contributed by atoms with Crippen molar-refractivity contribution in [1.29, 1.82) is 0 Å². The van der Waals surface area contributed by atoms with E-state index >= 15 is 0 Å². The number of nitro benzene ring substituents is 1. The number of carbonyl (C=O) groups excluding carboxylic acids is 1. The molecule has 114 valence electrons. The Bertz CT molecular complexity index is 490. The predicted molar refractivity (Wildman–Crippen MR) is 79.2 cm³/mol. The molecule has 1 aliphatic carbocycles. The van der Waals surface area contributed by atoms with E-state index in [0.717, 1.165) is 37.7 Å². The third-order valence-corrected chi connectivity index (χ3v) is 4.14. The lowest BCUT2D eigenvalue weighted by Gasteiger charge is -2.27. The summed E-state index contributed by atoms with van der Waals surface area (Å²) in [6.07, 6.45) is 4.76. The van der Waals surface area contributed by atoms with Crippen molar-refractivity contribution in [3.8, 4) is 0 Å². The Kier molecular flexibility index (Phi) is 5.44. The molecule has 0 spiro atoms. The van der Waals surface area contributed by atoms with Crippen molar-refractivity contribution >= 4 is 11.5 Å². The summed E-state index contributed by atoms with van der Waals surface area (Å²) in [6, 6.07) is 6.59. The van der Waals surface area contributed by atoms with Gasteiger partial charge in [0.15, 0.2) is 0 Å². The van der Waals surface area contributed by atoms with Gasteiger partial charge in [-0.25, -0.2) is 0 Å². The molecule has 1 fully saturated rings. The molecule has 21 heavy (non-hydrogen) atoms. The van der Waals surface area contributed by atoms with E-state index in [0.29, 0.717) is 12.4 Å². The first-order valence-electron chi connectivity index (χ1n) is 7.41. The fourth-order valence-electron chi connectivity index (χ4n) is 2.76. The minimum Gasteiger partial charge on any atom is -0.378 e. The van der Waals surface area contributed by atoms with Crippen LogP contribution in [0, 0.1) is 16.0 Å². The number of ether oxygens (including phenoxy) is 1. The first-order valence-corrected chi connectivity index (χ1v) is 7.41. The molecule has 0 aromatic heterocycles. The number of hydrogen-bond donors (Lipinski definition) is 0. The largest absolute Gasteiger partial charge is 0.378 e. The number of Topliss-reactive ketones (excluding diaryl/α,β-unsaturated/α-hetero) is 1. The van der Waals surface area contributed by atoms with Crippen LogP contribution in [-0.4, -0.2) is 23.4 Å². The lowest BCUT2D eigenvalue weighted by Crippen LogP contribution is -2.25. The lowest BCUT2D eigenvalue weighted by molar-refractivity contribution is -0.384. The standard InChI is InChI=1S/C16H21NO4/c1-12(18)14-4-8-16(9-5-14)21-11-10-13-2-6-15(7-3-13)17(19)20/h2-3,6-7,14,16H,4-5,8-11H2,1H3. The summed E-state index contributed by atoms with van der Waals surface area (Å²) in [5, 5.41) is 10.6.